The van der Waals surface area contributed by atoms with Crippen LogP contribution in [-0.4, -0.2) is 28.1 Å². The van der Waals surface area contributed by atoms with Crippen molar-refractivity contribution in [3.05, 3.63) is 0 Å². The van der Waals surface area contributed by atoms with Crippen molar-refractivity contribution in [2.24, 2.45) is 5.73 Å². The van der Waals surface area contributed by atoms with Gasteiger partial charge in [-0.3, -0.25) is 9.59 Å². The number of rotatable bonds is 4. The highest BCUT2D eigenvalue weighted by molar-refractivity contribution is 5.87. The van der Waals surface area contributed by atoms with E-state index in [1.165, 1.54) is 0 Å². The topological polar surface area (TPSA) is 92.4 Å². The molecule has 0 heterocycles. The maximum Gasteiger partial charge on any atom is 0.305 e. The third-order valence-corrected chi connectivity index (χ3v) is 3.24. The van der Waals surface area contributed by atoms with Gasteiger partial charge in [-0.1, -0.05) is 19.3 Å². The molecular formula is C12H22N2O3. The lowest BCUT2D eigenvalue weighted by molar-refractivity contribution is -0.139. The molecule has 1 rings (SSSR count). The quantitative estimate of drug-likeness (QED) is 0.686. The summed E-state index contributed by atoms with van der Waals surface area (Å²) in [6.07, 6.45) is 4.30. The number of carbonyl (C=O) groups excluding carboxylic acids is 1. The third kappa shape index (κ3) is 4.00. The average Bonchev–Trinajstić information content (AvgIpc) is 2.15. The van der Waals surface area contributed by atoms with Gasteiger partial charge in [0.25, 0.3) is 0 Å². The van der Waals surface area contributed by atoms with Gasteiger partial charge < -0.3 is 16.2 Å². The first-order valence-electron chi connectivity index (χ1n) is 6.08. The van der Waals surface area contributed by atoms with Crippen LogP contribution in [0, 0.1) is 0 Å². The minimum atomic E-state index is -0.926. The van der Waals surface area contributed by atoms with Crippen molar-refractivity contribution < 1.29 is 14.7 Å². The van der Waals surface area contributed by atoms with Gasteiger partial charge in [0.2, 0.25) is 5.91 Å². The summed E-state index contributed by atoms with van der Waals surface area (Å²) in [6.45, 7) is 3.40. The monoisotopic (exact) mass is 242 g/mol. The van der Waals surface area contributed by atoms with Crippen LogP contribution < -0.4 is 11.1 Å². The van der Waals surface area contributed by atoms with E-state index in [4.69, 9.17) is 10.8 Å². The van der Waals surface area contributed by atoms with E-state index in [1.54, 1.807) is 13.8 Å². The van der Waals surface area contributed by atoms with Gasteiger partial charge in [-0.25, -0.2) is 0 Å². The molecule has 1 aliphatic carbocycles. The number of amides is 1. The van der Waals surface area contributed by atoms with Crippen LogP contribution in [0.25, 0.3) is 0 Å². The number of aliphatic carboxylic acids is 1. The number of hydrogen-bond donors (Lipinski definition) is 3. The van der Waals surface area contributed by atoms with Crippen molar-refractivity contribution >= 4 is 11.9 Å². The Balaban J connectivity index is 2.61. The van der Waals surface area contributed by atoms with Crippen molar-refractivity contribution in [3.63, 3.8) is 0 Å². The van der Waals surface area contributed by atoms with Crippen molar-refractivity contribution in [1.29, 1.82) is 0 Å². The molecule has 1 aliphatic rings. The Labute approximate surface area is 102 Å². The van der Waals surface area contributed by atoms with E-state index in [0.29, 0.717) is 12.8 Å². The predicted octanol–water partition coefficient (Wildman–Crippen LogP) is 1.02. The number of carboxylic acids is 1. The molecule has 0 aromatic carbocycles. The fourth-order valence-electron chi connectivity index (χ4n) is 2.26. The van der Waals surface area contributed by atoms with Gasteiger partial charge in [-0.2, -0.15) is 0 Å². The minimum Gasteiger partial charge on any atom is -0.481 e. The van der Waals surface area contributed by atoms with Gasteiger partial charge >= 0.3 is 5.97 Å². The third-order valence-electron chi connectivity index (χ3n) is 3.24. The Bertz CT molecular complexity index is 307. The minimum absolute atomic E-state index is 0.102. The Morgan fingerprint density at radius 3 is 2.29 bits per heavy atom. The lowest BCUT2D eigenvalue weighted by Crippen LogP contribution is -2.59. The number of nitrogens with one attached hydrogen (secondary N) is 1. The van der Waals surface area contributed by atoms with Crippen LogP contribution in [0.2, 0.25) is 0 Å². The second-order valence-electron chi connectivity index (χ2n) is 5.63. The Morgan fingerprint density at radius 1 is 1.29 bits per heavy atom. The van der Waals surface area contributed by atoms with E-state index in [-0.39, 0.29) is 12.3 Å². The highest BCUT2D eigenvalue weighted by Gasteiger charge is 2.38. The summed E-state index contributed by atoms with van der Waals surface area (Å²) < 4.78 is 0. The van der Waals surface area contributed by atoms with Crippen LogP contribution in [0.4, 0.5) is 0 Å². The van der Waals surface area contributed by atoms with E-state index in [0.717, 1.165) is 19.3 Å². The summed E-state index contributed by atoms with van der Waals surface area (Å²) >= 11 is 0. The summed E-state index contributed by atoms with van der Waals surface area (Å²) in [6, 6.07) is 0. The zero-order valence-corrected chi connectivity index (χ0v) is 10.6. The van der Waals surface area contributed by atoms with Crippen molar-refractivity contribution in [2.45, 2.75) is 63.5 Å². The lowest BCUT2D eigenvalue weighted by Gasteiger charge is -2.35. The number of carbonyl (C=O) groups is 2. The molecule has 0 aromatic heterocycles. The van der Waals surface area contributed by atoms with E-state index in [9.17, 15) is 9.59 Å². The summed E-state index contributed by atoms with van der Waals surface area (Å²) in [7, 11) is 0. The van der Waals surface area contributed by atoms with E-state index >= 15 is 0 Å². The first kappa shape index (κ1) is 14.0. The van der Waals surface area contributed by atoms with Crippen LogP contribution >= 0.6 is 0 Å². The standard InChI is InChI=1S/C12H22N2O3/c1-11(2,8-9(15)16)14-10(17)12(13)6-4-3-5-7-12/h3-8,13H2,1-2H3,(H,14,17)(H,15,16). The normalized spacial score (nSPS) is 19.7. The van der Waals surface area contributed by atoms with E-state index < -0.39 is 17.0 Å². The van der Waals surface area contributed by atoms with Gasteiger partial charge in [0, 0.05) is 5.54 Å². The molecule has 0 radical (unpaired) electrons. The SMILES string of the molecule is CC(C)(CC(=O)O)NC(=O)C1(N)CCCCC1. The Hall–Kier alpha value is -1.10. The molecule has 0 aliphatic heterocycles. The number of hydrogen-bond acceptors (Lipinski definition) is 3. The van der Waals surface area contributed by atoms with Crippen molar-refractivity contribution in [1.82, 2.24) is 5.32 Å². The maximum absolute atomic E-state index is 12.1. The average molecular weight is 242 g/mol. The van der Waals surface area contributed by atoms with Crippen LogP contribution in [0.15, 0.2) is 0 Å². The molecule has 0 aromatic rings. The van der Waals surface area contributed by atoms with Crippen molar-refractivity contribution in [2.75, 3.05) is 0 Å². The van der Waals surface area contributed by atoms with Crippen molar-refractivity contribution in [3.8, 4) is 0 Å². The number of carboxylic acid groups (broad SMARTS) is 1. The van der Waals surface area contributed by atoms with E-state index in [2.05, 4.69) is 5.32 Å². The van der Waals surface area contributed by atoms with Gasteiger partial charge in [0.15, 0.2) is 0 Å². The summed E-state index contributed by atoms with van der Waals surface area (Å²) in [5.41, 5.74) is 4.51. The maximum atomic E-state index is 12.1. The molecule has 1 fully saturated rings. The van der Waals surface area contributed by atoms with Gasteiger partial charge in [-0.05, 0) is 26.7 Å². The molecule has 0 spiro atoms. The summed E-state index contributed by atoms with van der Waals surface area (Å²) in [4.78, 5) is 22.8. The highest BCUT2D eigenvalue weighted by atomic mass is 16.4. The largest absolute Gasteiger partial charge is 0.481 e. The molecule has 4 N–H and O–H groups in total. The first-order chi connectivity index (χ1) is 7.75. The fourth-order valence-corrected chi connectivity index (χ4v) is 2.26. The van der Waals surface area contributed by atoms with Gasteiger partial charge in [0.1, 0.15) is 0 Å². The molecule has 17 heavy (non-hydrogen) atoms. The zero-order valence-electron chi connectivity index (χ0n) is 10.6. The molecular weight excluding hydrogens is 220 g/mol. The highest BCUT2D eigenvalue weighted by Crippen LogP contribution is 2.26. The van der Waals surface area contributed by atoms with Crippen LogP contribution in [0.1, 0.15) is 52.4 Å². The van der Waals surface area contributed by atoms with Gasteiger partial charge in [0.05, 0.1) is 12.0 Å². The molecule has 1 amide bonds. The molecule has 5 nitrogen and oxygen atoms in total. The molecule has 1 saturated carbocycles. The lowest BCUT2D eigenvalue weighted by atomic mass is 9.81. The second kappa shape index (κ2) is 5.04. The van der Waals surface area contributed by atoms with Gasteiger partial charge in [-0.15, -0.1) is 0 Å². The van der Waals surface area contributed by atoms with Crippen LogP contribution in [-0.2, 0) is 9.59 Å². The van der Waals surface area contributed by atoms with Crippen LogP contribution in [0.5, 0.6) is 0 Å². The molecule has 0 bridgehead atoms. The number of nitrogens with two attached hydrogens (primary N) is 1. The van der Waals surface area contributed by atoms with E-state index in [1.807, 2.05) is 0 Å². The zero-order chi connectivity index (χ0) is 13.1. The first-order valence-corrected chi connectivity index (χ1v) is 6.08. The Kier molecular flexibility index (Phi) is 4.14. The predicted molar refractivity (Wildman–Crippen MR) is 64.5 cm³/mol. The van der Waals surface area contributed by atoms with Crippen LogP contribution in [0.3, 0.4) is 0 Å². The molecule has 5 heteroatoms. The molecule has 98 valence electrons. The Morgan fingerprint density at radius 2 is 1.82 bits per heavy atom. The summed E-state index contributed by atoms with van der Waals surface area (Å²) in [5.74, 6) is -1.14. The molecule has 0 unspecified atom stereocenters. The fraction of sp³-hybridized carbons (Fsp3) is 0.833. The molecule has 0 atom stereocenters. The smallest absolute Gasteiger partial charge is 0.305 e. The summed E-state index contributed by atoms with van der Waals surface area (Å²) in [5, 5.41) is 11.5. The molecule has 0 saturated heterocycles. The second-order valence-corrected chi connectivity index (χ2v) is 5.63.